The first-order valence-electron chi connectivity index (χ1n) is 9.81. The van der Waals surface area contributed by atoms with Gasteiger partial charge in [-0.3, -0.25) is 0 Å². The lowest BCUT2D eigenvalue weighted by atomic mass is 10.2. The summed E-state index contributed by atoms with van der Waals surface area (Å²) in [5.41, 5.74) is 5.90. The predicted octanol–water partition coefficient (Wildman–Crippen LogP) is 4.79. The average Bonchev–Trinajstić information content (AvgIpc) is 2.58. The molecule has 32 heavy (non-hydrogen) atoms. The summed E-state index contributed by atoms with van der Waals surface area (Å²) >= 11 is 5.44. The Morgan fingerprint density at radius 2 is 1.38 bits per heavy atom. The highest BCUT2D eigenvalue weighted by Gasteiger charge is 2.34. The molecule has 2 N–H and O–H groups in total. The van der Waals surface area contributed by atoms with Gasteiger partial charge in [-0.15, -0.1) is 0 Å². The molecule has 0 saturated carbocycles. The molecule has 0 radical (unpaired) electrons. The number of rotatable bonds is 1. The highest BCUT2D eigenvalue weighted by atomic mass is 35.5. The van der Waals surface area contributed by atoms with Gasteiger partial charge in [0.05, 0.1) is 35.2 Å². The molecule has 0 bridgehead atoms. The maximum absolute atomic E-state index is 12.5. The Morgan fingerprint density at radius 1 is 0.875 bits per heavy atom. The smallest absolute Gasteiger partial charge is 0.424 e. The summed E-state index contributed by atoms with van der Waals surface area (Å²) in [4.78, 5) is 41.5. The lowest BCUT2D eigenvalue weighted by molar-refractivity contribution is 0.0430. The van der Waals surface area contributed by atoms with Crippen LogP contribution in [-0.4, -0.2) is 43.3 Å². The Balaban J connectivity index is 0.000000471. The summed E-state index contributed by atoms with van der Waals surface area (Å²) in [5.74, 6) is 0.541. The van der Waals surface area contributed by atoms with Crippen LogP contribution in [0.5, 0.6) is 0 Å². The molecule has 0 spiro atoms. The third-order valence-corrected chi connectivity index (χ3v) is 3.64. The van der Waals surface area contributed by atoms with Crippen molar-refractivity contribution < 1.29 is 19.1 Å². The van der Waals surface area contributed by atoms with Crippen molar-refractivity contribution in [2.75, 3.05) is 10.6 Å². The zero-order valence-electron chi connectivity index (χ0n) is 20.0. The van der Waals surface area contributed by atoms with Crippen molar-refractivity contribution >= 4 is 35.2 Å². The number of ether oxygens (including phenoxy) is 2. The summed E-state index contributed by atoms with van der Waals surface area (Å²) in [7, 11) is 0. The molecule has 2 aromatic rings. The van der Waals surface area contributed by atoms with Crippen molar-refractivity contribution in [3.05, 3.63) is 34.9 Å². The molecule has 0 aliphatic carbocycles. The second-order valence-corrected chi connectivity index (χ2v) is 9.20. The number of nitrogen functional groups attached to an aromatic ring is 1. The van der Waals surface area contributed by atoms with Crippen molar-refractivity contribution in [2.45, 2.75) is 73.5 Å². The SMILES string of the molecule is Cc1nc(Cl)ncc1N.Cc1ncc(N(C(=O)OC(C)(C)C)C(=O)OC(C)(C)C)c(C)n1. The van der Waals surface area contributed by atoms with Gasteiger partial charge in [0.25, 0.3) is 0 Å². The van der Waals surface area contributed by atoms with Gasteiger partial charge in [-0.1, -0.05) is 0 Å². The number of carbonyl (C=O) groups excluding carboxylic acids is 2. The van der Waals surface area contributed by atoms with Crippen molar-refractivity contribution in [3.63, 3.8) is 0 Å². The number of aryl methyl sites for hydroxylation is 3. The second kappa shape index (κ2) is 10.5. The van der Waals surface area contributed by atoms with Gasteiger partial charge in [0.1, 0.15) is 17.0 Å². The topological polar surface area (TPSA) is 133 Å². The van der Waals surface area contributed by atoms with Crippen molar-refractivity contribution in [1.82, 2.24) is 19.9 Å². The van der Waals surface area contributed by atoms with E-state index in [1.54, 1.807) is 62.3 Å². The van der Waals surface area contributed by atoms with Crippen LogP contribution >= 0.6 is 11.6 Å². The second-order valence-electron chi connectivity index (χ2n) is 8.86. The van der Waals surface area contributed by atoms with Crippen LogP contribution in [0.15, 0.2) is 12.4 Å². The molecule has 11 heteroatoms. The van der Waals surface area contributed by atoms with Gasteiger partial charge in [0, 0.05) is 0 Å². The molecular weight excluding hydrogens is 436 g/mol. The van der Waals surface area contributed by atoms with Crippen LogP contribution in [0.25, 0.3) is 0 Å². The molecule has 2 amide bonds. The molecule has 0 aliphatic rings. The highest BCUT2D eigenvalue weighted by molar-refractivity contribution is 6.28. The fraction of sp³-hybridized carbons (Fsp3) is 0.524. The lowest BCUT2D eigenvalue weighted by Gasteiger charge is -2.28. The van der Waals surface area contributed by atoms with Gasteiger partial charge in [-0.25, -0.2) is 29.5 Å². The monoisotopic (exact) mass is 466 g/mol. The summed E-state index contributed by atoms with van der Waals surface area (Å²) < 4.78 is 10.6. The Kier molecular flexibility index (Phi) is 8.90. The van der Waals surface area contributed by atoms with E-state index in [2.05, 4.69) is 19.9 Å². The zero-order chi connectivity index (χ0) is 24.9. The Morgan fingerprint density at radius 3 is 1.75 bits per heavy atom. The van der Waals surface area contributed by atoms with Crippen LogP contribution in [0.3, 0.4) is 0 Å². The van der Waals surface area contributed by atoms with E-state index in [9.17, 15) is 9.59 Å². The molecule has 0 aliphatic heterocycles. The van der Waals surface area contributed by atoms with Crippen LogP contribution in [0, 0.1) is 20.8 Å². The number of nitrogens with zero attached hydrogens (tertiary/aromatic N) is 5. The molecule has 0 saturated heterocycles. The van der Waals surface area contributed by atoms with Crippen LogP contribution in [-0.2, 0) is 9.47 Å². The molecule has 0 aromatic carbocycles. The van der Waals surface area contributed by atoms with E-state index >= 15 is 0 Å². The first kappa shape index (κ1) is 27.0. The van der Waals surface area contributed by atoms with Gasteiger partial charge in [-0.2, -0.15) is 4.90 Å². The summed E-state index contributed by atoms with van der Waals surface area (Å²) in [6.07, 6.45) is 1.24. The van der Waals surface area contributed by atoms with E-state index in [-0.39, 0.29) is 11.0 Å². The molecule has 0 fully saturated rings. The molecule has 10 nitrogen and oxygen atoms in total. The number of hydrogen-bond donors (Lipinski definition) is 1. The minimum absolute atomic E-state index is 0.235. The zero-order valence-corrected chi connectivity index (χ0v) is 20.7. The largest absolute Gasteiger partial charge is 0.443 e. The van der Waals surface area contributed by atoms with Crippen LogP contribution in [0.2, 0.25) is 5.28 Å². The molecule has 2 heterocycles. The Bertz CT molecular complexity index is 942. The van der Waals surface area contributed by atoms with Crippen LogP contribution in [0.1, 0.15) is 58.8 Å². The number of hydrogen-bond acceptors (Lipinski definition) is 9. The van der Waals surface area contributed by atoms with Gasteiger partial charge >= 0.3 is 12.2 Å². The first-order chi connectivity index (χ1) is 14.5. The quantitative estimate of drug-likeness (QED) is 0.588. The summed E-state index contributed by atoms with van der Waals surface area (Å²) in [6.45, 7) is 15.5. The Hall–Kier alpha value is -3.01. The molecule has 2 rings (SSSR count). The van der Waals surface area contributed by atoms with E-state index in [0.717, 1.165) is 10.6 Å². The van der Waals surface area contributed by atoms with E-state index < -0.39 is 23.4 Å². The van der Waals surface area contributed by atoms with E-state index in [4.69, 9.17) is 26.8 Å². The number of nitrogens with two attached hydrogens (primary N) is 1. The molecule has 0 atom stereocenters. The van der Waals surface area contributed by atoms with Gasteiger partial charge < -0.3 is 15.2 Å². The van der Waals surface area contributed by atoms with Crippen LogP contribution in [0.4, 0.5) is 21.0 Å². The first-order valence-corrected chi connectivity index (χ1v) is 10.2. The number of amides is 2. The van der Waals surface area contributed by atoms with Crippen LogP contribution < -0.4 is 10.6 Å². The normalized spacial score (nSPS) is 11.2. The van der Waals surface area contributed by atoms with Gasteiger partial charge in [0.15, 0.2) is 0 Å². The van der Waals surface area contributed by atoms with Crippen molar-refractivity contribution in [1.29, 1.82) is 0 Å². The third-order valence-electron chi connectivity index (χ3n) is 3.45. The third kappa shape index (κ3) is 9.01. The summed E-state index contributed by atoms with van der Waals surface area (Å²) in [6, 6.07) is 0. The van der Waals surface area contributed by atoms with Gasteiger partial charge in [-0.05, 0) is 73.9 Å². The fourth-order valence-corrected chi connectivity index (χ4v) is 2.31. The number of imide groups is 1. The van der Waals surface area contributed by atoms with Crippen molar-refractivity contribution in [3.8, 4) is 0 Å². The van der Waals surface area contributed by atoms with Gasteiger partial charge in [0.2, 0.25) is 5.28 Å². The maximum Gasteiger partial charge on any atom is 0.424 e. The maximum atomic E-state index is 12.5. The average molecular weight is 467 g/mol. The lowest BCUT2D eigenvalue weighted by Crippen LogP contribution is -2.44. The van der Waals surface area contributed by atoms with E-state index in [0.29, 0.717) is 17.2 Å². The molecule has 0 unspecified atom stereocenters. The standard InChI is InChI=1S/C16H25N3O4.C5H6ClN3/c1-10-12(9-17-11(2)18-10)19(13(20)22-15(3,4)5)14(21)23-16(6,7)8;1-3-4(7)2-8-5(6)9-3/h9H,1-8H3;2H,7H2,1H3. The molecule has 2 aromatic heterocycles. The molecular formula is C21H31ClN6O4. The number of halogens is 1. The van der Waals surface area contributed by atoms with Crippen molar-refractivity contribution in [2.24, 2.45) is 0 Å². The summed E-state index contributed by atoms with van der Waals surface area (Å²) in [5, 5.41) is 0.238. The molecule has 176 valence electrons. The predicted molar refractivity (Wildman–Crippen MR) is 123 cm³/mol. The Labute approximate surface area is 193 Å². The highest BCUT2D eigenvalue weighted by Crippen LogP contribution is 2.23. The van der Waals surface area contributed by atoms with E-state index in [1.807, 2.05) is 0 Å². The number of anilines is 2. The fourth-order valence-electron chi connectivity index (χ4n) is 2.13. The number of aromatic nitrogens is 4. The van der Waals surface area contributed by atoms with E-state index in [1.165, 1.54) is 12.4 Å². The minimum atomic E-state index is -0.831. The number of carbonyl (C=O) groups is 2. The minimum Gasteiger partial charge on any atom is -0.443 e.